The third-order valence-electron chi connectivity index (χ3n) is 4.63. The van der Waals surface area contributed by atoms with Crippen molar-refractivity contribution in [1.29, 1.82) is 0 Å². The van der Waals surface area contributed by atoms with Gasteiger partial charge in [-0.1, -0.05) is 36.4 Å². The van der Waals surface area contributed by atoms with Crippen LogP contribution in [0.4, 0.5) is 0 Å². The number of furan rings is 1. The predicted molar refractivity (Wildman–Crippen MR) is 76.6 cm³/mol. The molecular formula is C18H14O2. The van der Waals surface area contributed by atoms with Crippen LogP contribution >= 0.6 is 0 Å². The lowest BCUT2D eigenvalue weighted by Crippen LogP contribution is -2.27. The first-order valence-corrected chi connectivity index (χ1v) is 7.12. The second-order valence-corrected chi connectivity index (χ2v) is 5.69. The molecule has 98 valence electrons. The molecule has 2 nitrogen and oxygen atoms in total. The summed E-state index contributed by atoms with van der Waals surface area (Å²) in [7, 11) is 0. The number of ether oxygens (including phenoxy) is 1. The van der Waals surface area contributed by atoms with Gasteiger partial charge in [-0.25, -0.2) is 0 Å². The molecule has 1 aromatic heterocycles. The van der Waals surface area contributed by atoms with Crippen LogP contribution in [0.3, 0.4) is 0 Å². The van der Waals surface area contributed by atoms with E-state index in [9.17, 15) is 0 Å². The van der Waals surface area contributed by atoms with Gasteiger partial charge in [-0.3, -0.25) is 0 Å². The summed E-state index contributed by atoms with van der Waals surface area (Å²) in [5.41, 5.74) is 6.46. The normalized spacial score (nSPS) is 23.4. The maximum Gasteiger partial charge on any atom is 0.137 e. The molecule has 3 aromatic rings. The van der Waals surface area contributed by atoms with E-state index in [-0.39, 0.29) is 12.2 Å². The molecule has 0 aliphatic carbocycles. The van der Waals surface area contributed by atoms with Gasteiger partial charge in [-0.05, 0) is 22.8 Å². The van der Waals surface area contributed by atoms with Crippen molar-refractivity contribution in [3.05, 3.63) is 71.0 Å². The lowest BCUT2D eigenvalue weighted by molar-refractivity contribution is -0.0390. The molecule has 3 heterocycles. The summed E-state index contributed by atoms with van der Waals surface area (Å²) >= 11 is 0. The van der Waals surface area contributed by atoms with Crippen molar-refractivity contribution in [2.24, 2.45) is 0 Å². The Balaban J connectivity index is 1.74. The van der Waals surface area contributed by atoms with Crippen LogP contribution in [0.1, 0.15) is 34.5 Å². The molecule has 2 aliphatic rings. The van der Waals surface area contributed by atoms with Gasteiger partial charge in [0.2, 0.25) is 0 Å². The fourth-order valence-electron chi connectivity index (χ4n) is 3.70. The Morgan fingerprint density at radius 3 is 2.75 bits per heavy atom. The highest BCUT2D eigenvalue weighted by atomic mass is 16.5. The van der Waals surface area contributed by atoms with E-state index in [1.54, 1.807) is 6.26 Å². The van der Waals surface area contributed by atoms with E-state index in [0.29, 0.717) is 0 Å². The average Bonchev–Trinajstić information content (AvgIpc) is 2.96. The van der Waals surface area contributed by atoms with Crippen LogP contribution in [0.25, 0.3) is 11.0 Å². The Bertz CT molecular complexity index is 815. The molecule has 2 heteroatoms. The van der Waals surface area contributed by atoms with Gasteiger partial charge in [0.15, 0.2) is 0 Å². The summed E-state index contributed by atoms with van der Waals surface area (Å²) in [6.45, 7) is 0. The van der Waals surface area contributed by atoms with Crippen molar-refractivity contribution in [1.82, 2.24) is 0 Å². The molecule has 2 bridgehead atoms. The molecule has 2 atom stereocenters. The van der Waals surface area contributed by atoms with E-state index < -0.39 is 0 Å². The van der Waals surface area contributed by atoms with Crippen molar-refractivity contribution in [2.45, 2.75) is 25.0 Å². The Labute approximate surface area is 117 Å². The van der Waals surface area contributed by atoms with E-state index >= 15 is 0 Å². The highest BCUT2D eigenvalue weighted by Gasteiger charge is 2.35. The summed E-state index contributed by atoms with van der Waals surface area (Å²) in [5, 5.41) is 1.19. The van der Waals surface area contributed by atoms with Crippen LogP contribution in [0.5, 0.6) is 0 Å². The lowest BCUT2D eigenvalue weighted by atomic mass is 9.82. The Morgan fingerprint density at radius 1 is 0.850 bits per heavy atom. The molecule has 0 N–H and O–H groups in total. The molecule has 0 fully saturated rings. The fraction of sp³-hybridized carbons (Fsp3) is 0.222. The maximum absolute atomic E-state index is 6.26. The van der Waals surface area contributed by atoms with Crippen LogP contribution in [-0.4, -0.2) is 0 Å². The molecule has 2 unspecified atom stereocenters. The molecule has 0 radical (unpaired) electrons. The first-order valence-electron chi connectivity index (χ1n) is 7.12. The smallest absolute Gasteiger partial charge is 0.137 e. The average molecular weight is 262 g/mol. The summed E-state index contributed by atoms with van der Waals surface area (Å²) in [6, 6.07) is 15.0. The molecule has 2 aromatic carbocycles. The van der Waals surface area contributed by atoms with Crippen molar-refractivity contribution >= 4 is 11.0 Å². The minimum atomic E-state index is 0.174. The summed E-state index contributed by atoms with van der Waals surface area (Å²) in [4.78, 5) is 0. The number of hydrogen-bond donors (Lipinski definition) is 0. The number of benzene rings is 2. The van der Waals surface area contributed by atoms with E-state index in [4.69, 9.17) is 9.15 Å². The molecule has 0 saturated heterocycles. The number of fused-ring (bicyclic) bond motifs is 8. The quantitative estimate of drug-likeness (QED) is 0.601. The lowest BCUT2D eigenvalue weighted by Gasteiger charge is -2.38. The molecule has 2 aliphatic heterocycles. The van der Waals surface area contributed by atoms with Crippen molar-refractivity contribution in [2.75, 3.05) is 0 Å². The van der Waals surface area contributed by atoms with Crippen molar-refractivity contribution in [3.63, 3.8) is 0 Å². The van der Waals surface area contributed by atoms with Gasteiger partial charge in [0.05, 0.1) is 18.5 Å². The largest absolute Gasteiger partial charge is 0.464 e. The molecule has 0 saturated carbocycles. The van der Waals surface area contributed by atoms with Gasteiger partial charge in [-0.15, -0.1) is 0 Å². The Kier molecular flexibility index (Phi) is 2.00. The minimum Gasteiger partial charge on any atom is -0.464 e. The van der Waals surface area contributed by atoms with Crippen LogP contribution in [-0.2, 0) is 17.6 Å². The molecule has 20 heavy (non-hydrogen) atoms. The zero-order chi connectivity index (χ0) is 13.1. The number of rotatable bonds is 0. The van der Waals surface area contributed by atoms with Crippen LogP contribution in [0.2, 0.25) is 0 Å². The maximum atomic E-state index is 6.26. The van der Waals surface area contributed by atoms with E-state index in [0.717, 1.165) is 18.4 Å². The summed E-state index contributed by atoms with van der Waals surface area (Å²) in [5.74, 6) is 0. The third-order valence-corrected chi connectivity index (χ3v) is 4.63. The van der Waals surface area contributed by atoms with E-state index in [1.807, 2.05) is 6.07 Å². The second-order valence-electron chi connectivity index (χ2n) is 5.69. The summed E-state index contributed by atoms with van der Waals surface area (Å²) in [6.07, 6.45) is 4.00. The number of hydrogen-bond acceptors (Lipinski definition) is 2. The van der Waals surface area contributed by atoms with Crippen LogP contribution in [0.15, 0.2) is 53.1 Å². The third kappa shape index (κ3) is 1.32. The monoisotopic (exact) mass is 262 g/mol. The Hall–Kier alpha value is -2.06. The predicted octanol–water partition coefficient (Wildman–Crippen LogP) is 4.34. The molecular weight excluding hydrogens is 248 g/mol. The van der Waals surface area contributed by atoms with Gasteiger partial charge >= 0.3 is 0 Å². The van der Waals surface area contributed by atoms with Gasteiger partial charge in [0.25, 0.3) is 0 Å². The minimum absolute atomic E-state index is 0.174. The van der Waals surface area contributed by atoms with E-state index in [2.05, 4.69) is 36.4 Å². The SMILES string of the molecule is c1ccc2c(c1)CC1OC2Cc2c1ccc1ccoc21. The van der Waals surface area contributed by atoms with Gasteiger partial charge in [0, 0.05) is 23.8 Å². The van der Waals surface area contributed by atoms with Crippen molar-refractivity contribution in [3.8, 4) is 0 Å². The fourth-order valence-corrected chi connectivity index (χ4v) is 3.70. The topological polar surface area (TPSA) is 22.4 Å². The van der Waals surface area contributed by atoms with Gasteiger partial charge < -0.3 is 9.15 Å². The first kappa shape index (κ1) is 10.7. The van der Waals surface area contributed by atoms with Gasteiger partial charge in [-0.2, -0.15) is 0 Å². The van der Waals surface area contributed by atoms with E-state index in [1.165, 1.54) is 27.6 Å². The second kappa shape index (κ2) is 3.74. The molecule has 5 rings (SSSR count). The molecule has 0 spiro atoms. The highest BCUT2D eigenvalue weighted by molar-refractivity contribution is 5.82. The molecule has 0 amide bonds. The Morgan fingerprint density at radius 2 is 1.75 bits per heavy atom. The zero-order valence-electron chi connectivity index (χ0n) is 11.0. The van der Waals surface area contributed by atoms with Gasteiger partial charge in [0.1, 0.15) is 5.58 Å². The first-order chi connectivity index (χ1) is 9.90. The summed E-state index contributed by atoms with van der Waals surface area (Å²) < 4.78 is 12.0. The van der Waals surface area contributed by atoms with Crippen molar-refractivity contribution < 1.29 is 9.15 Å². The van der Waals surface area contributed by atoms with Crippen LogP contribution < -0.4 is 0 Å². The highest BCUT2D eigenvalue weighted by Crippen LogP contribution is 2.46. The standard InChI is InChI=1S/C18H14O2/c1-2-4-13-12(3-1)9-16-14-6-5-11-7-8-19-18(11)15(14)10-17(13)20-16/h1-8,16-17H,9-10H2. The zero-order valence-corrected chi connectivity index (χ0v) is 11.0. The van der Waals surface area contributed by atoms with Crippen LogP contribution in [0, 0.1) is 0 Å².